The van der Waals surface area contributed by atoms with Crippen molar-refractivity contribution in [3.8, 4) is 0 Å². The number of benzene rings is 1. The number of nitrogens with zero attached hydrogens (tertiary/aromatic N) is 2. The third kappa shape index (κ3) is 4.22. The maximum atomic E-state index is 11.0. The summed E-state index contributed by atoms with van der Waals surface area (Å²) in [5, 5.41) is 4.28. The highest BCUT2D eigenvalue weighted by atomic mass is 16.5. The van der Waals surface area contributed by atoms with E-state index in [1.807, 2.05) is 30.3 Å². The molecule has 4 heteroatoms. The van der Waals surface area contributed by atoms with E-state index in [1.165, 1.54) is 0 Å². The first-order chi connectivity index (χ1) is 8.88. The number of piperazine rings is 1. The van der Waals surface area contributed by atoms with E-state index in [4.69, 9.17) is 4.74 Å². The standard InChI is InChI=1S/C14H19N2O2/c17-11-14(10-16-8-6-15-7-9-16)18-12-13-4-2-1-3-5-13/h1-5,11,14H,6-10,12H2. The van der Waals surface area contributed by atoms with Crippen LogP contribution in [-0.2, 0) is 16.1 Å². The largest absolute Gasteiger partial charge is 0.365 e. The summed E-state index contributed by atoms with van der Waals surface area (Å²) in [5.74, 6) is 0. The molecule has 0 N–H and O–H groups in total. The maximum Gasteiger partial charge on any atom is 0.150 e. The number of hydrogen-bond acceptors (Lipinski definition) is 3. The molecule has 2 rings (SSSR count). The topological polar surface area (TPSA) is 43.6 Å². The van der Waals surface area contributed by atoms with Crippen LogP contribution in [0.4, 0.5) is 0 Å². The van der Waals surface area contributed by atoms with Crippen molar-refractivity contribution in [1.29, 1.82) is 0 Å². The molecule has 1 radical (unpaired) electrons. The van der Waals surface area contributed by atoms with Crippen molar-refractivity contribution in [3.05, 3.63) is 35.9 Å². The molecule has 18 heavy (non-hydrogen) atoms. The number of carbonyl (C=O) groups is 1. The second-order valence-electron chi connectivity index (χ2n) is 4.44. The minimum Gasteiger partial charge on any atom is -0.365 e. The molecule has 0 spiro atoms. The van der Waals surface area contributed by atoms with Crippen molar-refractivity contribution in [2.75, 3.05) is 32.7 Å². The number of hydrogen-bond donors (Lipinski definition) is 0. The van der Waals surface area contributed by atoms with Crippen LogP contribution in [0.2, 0.25) is 0 Å². The Hall–Kier alpha value is -1.23. The van der Waals surface area contributed by atoms with Crippen LogP contribution in [0, 0.1) is 0 Å². The molecule has 4 nitrogen and oxygen atoms in total. The molecule has 1 unspecified atom stereocenters. The number of carbonyl (C=O) groups excluding carboxylic acids is 1. The van der Waals surface area contributed by atoms with Crippen LogP contribution in [0.3, 0.4) is 0 Å². The minimum absolute atomic E-state index is 0.344. The van der Waals surface area contributed by atoms with Crippen LogP contribution in [-0.4, -0.2) is 50.0 Å². The van der Waals surface area contributed by atoms with Crippen LogP contribution in [0.25, 0.3) is 0 Å². The third-order valence-electron chi connectivity index (χ3n) is 3.05. The third-order valence-corrected chi connectivity index (χ3v) is 3.05. The number of rotatable bonds is 6. The molecule has 0 bridgehead atoms. The lowest BCUT2D eigenvalue weighted by Crippen LogP contribution is -2.44. The highest BCUT2D eigenvalue weighted by molar-refractivity contribution is 5.56. The Morgan fingerprint density at radius 1 is 1.28 bits per heavy atom. The Balaban J connectivity index is 1.76. The van der Waals surface area contributed by atoms with E-state index in [0.717, 1.165) is 38.0 Å². The van der Waals surface area contributed by atoms with Gasteiger partial charge in [0.1, 0.15) is 12.4 Å². The highest BCUT2D eigenvalue weighted by Crippen LogP contribution is 2.04. The van der Waals surface area contributed by atoms with Crippen LogP contribution >= 0.6 is 0 Å². The smallest absolute Gasteiger partial charge is 0.150 e. The van der Waals surface area contributed by atoms with E-state index < -0.39 is 0 Å². The van der Waals surface area contributed by atoms with Crippen LogP contribution in [0.15, 0.2) is 30.3 Å². The van der Waals surface area contributed by atoms with Gasteiger partial charge in [-0.2, -0.15) is 0 Å². The molecule has 1 aromatic rings. The first kappa shape index (κ1) is 13.2. The molecular weight excluding hydrogens is 228 g/mol. The van der Waals surface area contributed by atoms with Gasteiger partial charge in [-0.15, -0.1) is 0 Å². The van der Waals surface area contributed by atoms with Gasteiger partial charge in [0.15, 0.2) is 0 Å². The van der Waals surface area contributed by atoms with Crippen molar-refractivity contribution in [1.82, 2.24) is 10.2 Å². The summed E-state index contributed by atoms with van der Waals surface area (Å²) >= 11 is 0. The second-order valence-corrected chi connectivity index (χ2v) is 4.44. The van der Waals surface area contributed by atoms with E-state index in [0.29, 0.717) is 13.2 Å². The Kier molecular flexibility index (Phi) is 5.33. The van der Waals surface area contributed by atoms with E-state index in [1.54, 1.807) is 0 Å². The van der Waals surface area contributed by atoms with E-state index >= 15 is 0 Å². The van der Waals surface area contributed by atoms with Crippen LogP contribution < -0.4 is 5.32 Å². The van der Waals surface area contributed by atoms with Gasteiger partial charge in [0.05, 0.1) is 6.61 Å². The molecule has 0 amide bonds. The fraction of sp³-hybridized carbons (Fsp3) is 0.500. The molecule has 1 saturated heterocycles. The molecule has 0 aliphatic carbocycles. The van der Waals surface area contributed by atoms with E-state index in [9.17, 15) is 4.79 Å². The van der Waals surface area contributed by atoms with Gasteiger partial charge >= 0.3 is 0 Å². The van der Waals surface area contributed by atoms with Gasteiger partial charge in [0.25, 0.3) is 0 Å². The Labute approximate surface area is 108 Å². The van der Waals surface area contributed by atoms with Crippen LogP contribution in [0.5, 0.6) is 0 Å². The van der Waals surface area contributed by atoms with Gasteiger partial charge in [0.2, 0.25) is 0 Å². The molecule has 0 saturated carbocycles. The average Bonchev–Trinajstić information content (AvgIpc) is 2.45. The summed E-state index contributed by atoms with van der Waals surface area (Å²) in [6.45, 7) is 4.75. The Bertz CT molecular complexity index is 350. The number of aldehydes is 1. The van der Waals surface area contributed by atoms with Gasteiger partial charge in [-0.3, -0.25) is 4.90 Å². The van der Waals surface area contributed by atoms with Crippen molar-refractivity contribution in [3.63, 3.8) is 0 Å². The Morgan fingerprint density at radius 3 is 2.67 bits per heavy atom. The molecular formula is C14H19N2O2. The zero-order valence-electron chi connectivity index (χ0n) is 10.5. The van der Waals surface area contributed by atoms with Gasteiger partial charge in [-0.1, -0.05) is 30.3 Å². The zero-order valence-corrected chi connectivity index (χ0v) is 10.5. The molecule has 1 fully saturated rings. The molecule has 97 valence electrons. The first-order valence-corrected chi connectivity index (χ1v) is 6.35. The van der Waals surface area contributed by atoms with E-state index in [-0.39, 0.29) is 6.10 Å². The summed E-state index contributed by atoms with van der Waals surface area (Å²) in [4.78, 5) is 13.3. The lowest BCUT2D eigenvalue weighted by atomic mass is 10.2. The summed E-state index contributed by atoms with van der Waals surface area (Å²) in [7, 11) is 0. The summed E-state index contributed by atoms with van der Waals surface area (Å²) in [6, 6.07) is 9.92. The lowest BCUT2D eigenvalue weighted by Gasteiger charge is -2.28. The minimum atomic E-state index is -0.344. The molecule has 1 aliphatic rings. The summed E-state index contributed by atoms with van der Waals surface area (Å²) in [5.41, 5.74) is 1.10. The lowest BCUT2D eigenvalue weighted by molar-refractivity contribution is -0.120. The first-order valence-electron chi connectivity index (χ1n) is 6.35. The van der Waals surface area contributed by atoms with Gasteiger partial charge in [-0.25, -0.2) is 5.32 Å². The summed E-state index contributed by atoms with van der Waals surface area (Å²) < 4.78 is 5.64. The zero-order chi connectivity index (χ0) is 12.6. The SMILES string of the molecule is O=CC(CN1CC[N]CC1)OCc1ccccc1. The number of ether oxygens (including phenoxy) is 1. The molecule has 1 atom stereocenters. The molecule has 1 aliphatic heterocycles. The predicted molar refractivity (Wildman–Crippen MR) is 69.4 cm³/mol. The molecule has 1 aromatic carbocycles. The Morgan fingerprint density at radius 2 is 2.00 bits per heavy atom. The van der Waals surface area contributed by atoms with Crippen LogP contribution in [0.1, 0.15) is 5.56 Å². The maximum absolute atomic E-state index is 11.0. The van der Waals surface area contributed by atoms with Crippen molar-refractivity contribution in [2.24, 2.45) is 0 Å². The quantitative estimate of drug-likeness (QED) is 0.695. The molecule has 0 aromatic heterocycles. The average molecular weight is 247 g/mol. The normalized spacial score (nSPS) is 18.4. The summed E-state index contributed by atoms with van der Waals surface area (Å²) in [6.07, 6.45) is 0.553. The monoisotopic (exact) mass is 247 g/mol. The molecule has 1 heterocycles. The predicted octanol–water partition coefficient (Wildman–Crippen LogP) is 0.691. The fourth-order valence-corrected chi connectivity index (χ4v) is 2.00. The van der Waals surface area contributed by atoms with Gasteiger partial charge in [-0.05, 0) is 5.56 Å². The van der Waals surface area contributed by atoms with Crippen molar-refractivity contribution >= 4 is 6.29 Å². The van der Waals surface area contributed by atoms with E-state index in [2.05, 4.69) is 10.2 Å². The van der Waals surface area contributed by atoms with Crippen molar-refractivity contribution in [2.45, 2.75) is 12.7 Å². The van der Waals surface area contributed by atoms with Gasteiger partial charge < -0.3 is 9.53 Å². The highest BCUT2D eigenvalue weighted by Gasteiger charge is 2.16. The van der Waals surface area contributed by atoms with Crippen molar-refractivity contribution < 1.29 is 9.53 Å². The van der Waals surface area contributed by atoms with Gasteiger partial charge in [0, 0.05) is 32.7 Å². The fourth-order valence-electron chi connectivity index (χ4n) is 2.00. The second kappa shape index (κ2) is 7.26.